The fourth-order valence-electron chi connectivity index (χ4n) is 3.47. The zero-order valence-electron chi connectivity index (χ0n) is 14.5. The number of halogens is 2. The Labute approximate surface area is 151 Å². The van der Waals surface area contributed by atoms with E-state index in [4.69, 9.17) is 4.99 Å². The summed E-state index contributed by atoms with van der Waals surface area (Å²) >= 11 is 1.60. The number of anilines is 1. The zero-order valence-corrected chi connectivity index (χ0v) is 15.4. The first-order chi connectivity index (χ1) is 12.0. The monoisotopic (exact) mass is 367 g/mol. The topological polar surface area (TPSA) is 35.9 Å². The molecule has 1 aliphatic heterocycles. The third kappa shape index (κ3) is 4.14. The number of benzene rings is 1. The van der Waals surface area contributed by atoms with Crippen molar-refractivity contribution in [2.45, 2.75) is 51.2 Å². The number of carbonyl (C=O) groups is 1. The van der Waals surface area contributed by atoms with Gasteiger partial charge in [-0.25, -0.2) is 8.78 Å². The van der Waals surface area contributed by atoms with Gasteiger partial charge >= 0.3 is 0 Å². The molecule has 2 fully saturated rings. The molecular weight excluding hydrogens is 344 g/mol. The lowest BCUT2D eigenvalue weighted by atomic mass is 9.96. The summed E-state index contributed by atoms with van der Waals surface area (Å²) in [6, 6.07) is 3.54. The molecule has 1 aliphatic carbocycles. The van der Waals surface area contributed by atoms with Crippen molar-refractivity contribution in [3.8, 4) is 0 Å². The molecule has 136 valence electrons. The van der Waals surface area contributed by atoms with Gasteiger partial charge < -0.3 is 4.90 Å². The van der Waals surface area contributed by atoms with Crippen LogP contribution in [0.25, 0.3) is 0 Å². The lowest BCUT2D eigenvalue weighted by Crippen LogP contribution is -2.48. The minimum Gasteiger partial charge on any atom is -0.333 e. The van der Waals surface area contributed by atoms with Crippen molar-refractivity contribution in [3.05, 3.63) is 29.8 Å². The molecule has 0 radical (unpaired) electrons. The van der Waals surface area contributed by atoms with Crippen molar-refractivity contribution >= 4 is 28.5 Å². The molecule has 0 spiro atoms. The molecule has 7 heteroatoms. The van der Waals surface area contributed by atoms with Crippen LogP contribution in [-0.4, -0.2) is 41.0 Å². The van der Waals surface area contributed by atoms with E-state index in [1.807, 2.05) is 11.9 Å². The Morgan fingerprint density at radius 1 is 1.20 bits per heavy atom. The first-order valence-electron chi connectivity index (χ1n) is 8.65. The van der Waals surface area contributed by atoms with Gasteiger partial charge in [0.05, 0.1) is 11.7 Å². The van der Waals surface area contributed by atoms with Gasteiger partial charge in [-0.3, -0.25) is 14.7 Å². The molecule has 0 N–H and O–H groups in total. The van der Waals surface area contributed by atoms with E-state index >= 15 is 0 Å². The van der Waals surface area contributed by atoms with Crippen LogP contribution in [0.3, 0.4) is 0 Å². The SMILES string of the molecule is CC(=O)N(c1cc(F)cc(F)c1)C1CSC(=NC2CCCCC2)N1C. The molecular formula is C18H23F2N3OS. The van der Waals surface area contributed by atoms with E-state index in [1.165, 1.54) is 43.2 Å². The number of amides is 1. The average molecular weight is 367 g/mol. The summed E-state index contributed by atoms with van der Waals surface area (Å²) in [6.45, 7) is 1.41. The fourth-order valence-corrected chi connectivity index (χ4v) is 4.69. The molecule has 1 aromatic carbocycles. The van der Waals surface area contributed by atoms with Crippen LogP contribution in [0.5, 0.6) is 0 Å². The van der Waals surface area contributed by atoms with E-state index in [9.17, 15) is 13.6 Å². The second kappa shape index (κ2) is 7.72. The van der Waals surface area contributed by atoms with Crippen LogP contribution in [0.1, 0.15) is 39.0 Å². The molecule has 4 nitrogen and oxygen atoms in total. The number of rotatable bonds is 3. The smallest absolute Gasteiger partial charge is 0.225 e. The zero-order chi connectivity index (χ0) is 18.0. The maximum absolute atomic E-state index is 13.6. The average Bonchev–Trinajstić information content (AvgIpc) is 2.89. The first-order valence-corrected chi connectivity index (χ1v) is 9.63. The summed E-state index contributed by atoms with van der Waals surface area (Å²) in [6.07, 6.45) is 5.60. The van der Waals surface area contributed by atoms with E-state index in [0.29, 0.717) is 11.8 Å². The first kappa shape index (κ1) is 18.2. The number of carbonyl (C=O) groups excluding carboxylic acids is 1. The van der Waals surface area contributed by atoms with E-state index in [1.54, 1.807) is 11.8 Å². The number of amidine groups is 1. The van der Waals surface area contributed by atoms with E-state index < -0.39 is 11.6 Å². The molecule has 0 bridgehead atoms. The van der Waals surface area contributed by atoms with Gasteiger partial charge in [-0.05, 0) is 25.0 Å². The Hall–Kier alpha value is -1.63. The molecule has 1 unspecified atom stereocenters. The molecule has 2 aliphatic rings. The normalized spacial score (nSPS) is 23.3. The number of nitrogens with zero attached hydrogens (tertiary/aromatic N) is 3. The number of thioether (sulfide) groups is 1. The highest BCUT2D eigenvalue weighted by atomic mass is 32.2. The molecule has 0 aromatic heterocycles. The maximum atomic E-state index is 13.6. The van der Waals surface area contributed by atoms with Crippen LogP contribution >= 0.6 is 11.8 Å². The van der Waals surface area contributed by atoms with Crippen molar-refractivity contribution in [2.75, 3.05) is 17.7 Å². The Morgan fingerprint density at radius 2 is 1.84 bits per heavy atom. The van der Waals surface area contributed by atoms with Gasteiger partial charge in [0.2, 0.25) is 5.91 Å². The largest absolute Gasteiger partial charge is 0.333 e. The quantitative estimate of drug-likeness (QED) is 0.810. The molecule has 1 saturated heterocycles. The van der Waals surface area contributed by atoms with Crippen LogP contribution in [-0.2, 0) is 4.79 Å². The highest BCUT2D eigenvalue weighted by Gasteiger charge is 2.35. The molecule has 1 heterocycles. The Kier molecular flexibility index (Phi) is 5.61. The van der Waals surface area contributed by atoms with Crippen molar-refractivity contribution in [1.29, 1.82) is 0 Å². The lowest BCUT2D eigenvalue weighted by molar-refractivity contribution is -0.117. The van der Waals surface area contributed by atoms with E-state index in [2.05, 4.69) is 0 Å². The van der Waals surface area contributed by atoms with Crippen molar-refractivity contribution < 1.29 is 13.6 Å². The molecule has 1 aromatic rings. The summed E-state index contributed by atoms with van der Waals surface area (Å²) in [5.41, 5.74) is 0.237. The van der Waals surface area contributed by atoms with Crippen molar-refractivity contribution in [2.24, 2.45) is 4.99 Å². The number of hydrogen-bond donors (Lipinski definition) is 0. The van der Waals surface area contributed by atoms with Gasteiger partial charge in [-0.2, -0.15) is 0 Å². The van der Waals surface area contributed by atoms with Gasteiger partial charge in [-0.15, -0.1) is 0 Å². The standard InChI is InChI=1S/C18H23F2N3OS/c1-12(24)23(16-9-13(19)8-14(20)10-16)17-11-25-18(22(17)2)21-15-6-4-3-5-7-15/h8-10,15,17H,3-7,11H2,1-2H3. The number of aliphatic imine (C=N–C) groups is 1. The second-order valence-electron chi connectivity index (χ2n) is 6.62. The van der Waals surface area contributed by atoms with Crippen molar-refractivity contribution in [1.82, 2.24) is 4.90 Å². The Bertz CT molecular complexity index is 656. The Morgan fingerprint density at radius 3 is 2.44 bits per heavy atom. The lowest BCUT2D eigenvalue weighted by Gasteiger charge is -2.33. The summed E-state index contributed by atoms with van der Waals surface area (Å²) in [4.78, 5) is 20.5. The summed E-state index contributed by atoms with van der Waals surface area (Å²) in [7, 11) is 1.89. The van der Waals surface area contributed by atoms with Gasteiger partial charge in [-0.1, -0.05) is 31.0 Å². The molecule has 1 atom stereocenters. The molecule has 1 saturated carbocycles. The van der Waals surface area contributed by atoms with Gasteiger partial charge in [0.1, 0.15) is 17.8 Å². The highest BCUT2D eigenvalue weighted by molar-refractivity contribution is 8.14. The fraction of sp³-hybridized carbons (Fsp3) is 0.556. The van der Waals surface area contributed by atoms with Gasteiger partial charge in [0.25, 0.3) is 0 Å². The molecule has 1 amide bonds. The third-order valence-corrected chi connectivity index (χ3v) is 5.86. The van der Waals surface area contributed by atoms with Crippen LogP contribution in [0.2, 0.25) is 0 Å². The minimum absolute atomic E-state index is 0.237. The van der Waals surface area contributed by atoms with E-state index in [-0.39, 0.29) is 17.8 Å². The van der Waals surface area contributed by atoms with Crippen LogP contribution in [0.4, 0.5) is 14.5 Å². The van der Waals surface area contributed by atoms with Gasteiger partial charge in [0, 0.05) is 25.8 Å². The maximum Gasteiger partial charge on any atom is 0.225 e. The van der Waals surface area contributed by atoms with Crippen molar-refractivity contribution in [3.63, 3.8) is 0 Å². The number of hydrogen-bond acceptors (Lipinski definition) is 3. The second-order valence-corrected chi connectivity index (χ2v) is 7.61. The predicted octanol–water partition coefficient (Wildman–Crippen LogP) is 4.01. The minimum atomic E-state index is -0.689. The summed E-state index contributed by atoms with van der Waals surface area (Å²) in [5.74, 6) is -1.00. The van der Waals surface area contributed by atoms with Gasteiger partial charge in [0.15, 0.2) is 5.17 Å². The summed E-state index contributed by atoms with van der Waals surface area (Å²) in [5, 5.41) is 0.903. The third-order valence-electron chi connectivity index (χ3n) is 4.74. The molecule has 25 heavy (non-hydrogen) atoms. The molecule has 3 rings (SSSR count). The van der Waals surface area contributed by atoms with Crippen LogP contribution in [0.15, 0.2) is 23.2 Å². The summed E-state index contributed by atoms with van der Waals surface area (Å²) < 4.78 is 27.2. The predicted molar refractivity (Wildman–Crippen MR) is 97.8 cm³/mol. The van der Waals surface area contributed by atoms with Crippen LogP contribution in [0, 0.1) is 11.6 Å². The highest BCUT2D eigenvalue weighted by Crippen LogP contribution is 2.31. The van der Waals surface area contributed by atoms with E-state index in [0.717, 1.165) is 24.1 Å². The van der Waals surface area contributed by atoms with Crippen LogP contribution < -0.4 is 4.90 Å². The Balaban J connectivity index is 1.83.